The molecule has 0 unspecified atom stereocenters. The predicted octanol–water partition coefficient (Wildman–Crippen LogP) is 4.28. The van der Waals surface area contributed by atoms with Crippen LogP contribution in [0.5, 0.6) is 0 Å². The molecule has 0 aliphatic heterocycles. The molecule has 0 aliphatic carbocycles. The van der Waals surface area contributed by atoms with E-state index in [4.69, 9.17) is 5.73 Å². The number of carbonyl (C=O) groups excluding carboxylic acids is 1. The van der Waals surface area contributed by atoms with Crippen molar-refractivity contribution < 1.29 is 4.79 Å². The molecule has 4 aromatic rings. The molecule has 0 radical (unpaired) electrons. The van der Waals surface area contributed by atoms with E-state index in [2.05, 4.69) is 15.6 Å². The normalized spacial score (nSPS) is 11.3. The summed E-state index contributed by atoms with van der Waals surface area (Å²) in [4.78, 5) is 13.0. The maximum Gasteiger partial charge on any atom is 0.275 e. The largest absolute Gasteiger partial charge is 0.399 e. The highest BCUT2D eigenvalue weighted by molar-refractivity contribution is 6.03. The standard InChI is InChI=1S/C24H21N5O/c1-17(19-11-8-12-20(25)15-19)26-27-24(30)22-16-29(21-13-6-3-7-14-21)28-23(22)18-9-4-2-5-10-18/h2-16H,25H2,1H3,(H,27,30)/b26-17+. The van der Waals surface area contributed by atoms with Crippen LogP contribution in [0.3, 0.4) is 0 Å². The molecule has 0 spiro atoms. The summed E-state index contributed by atoms with van der Waals surface area (Å²) in [6, 6.07) is 26.6. The summed E-state index contributed by atoms with van der Waals surface area (Å²) in [5, 5.41) is 8.91. The van der Waals surface area contributed by atoms with Gasteiger partial charge in [0, 0.05) is 17.4 Å². The summed E-state index contributed by atoms with van der Waals surface area (Å²) in [6.45, 7) is 1.82. The first kappa shape index (κ1) is 19.1. The molecule has 148 valence electrons. The number of benzene rings is 3. The van der Waals surface area contributed by atoms with Crippen molar-refractivity contribution in [1.29, 1.82) is 0 Å². The highest BCUT2D eigenvalue weighted by Crippen LogP contribution is 2.23. The van der Waals surface area contributed by atoms with Gasteiger partial charge in [-0.3, -0.25) is 4.79 Å². The molecule has 3 aromatic carbocycles. The number of rotatable bonds is 5. The van der Waals surface area contributed by atoms with E-state index in [1.54, 1.807) is 16.9 Å². The van der Waals surface area contributed by atoms with E-state index in [0.717, 1.165) is 16.8 Å². The molecule has 30 heavy (non-hydrogen) atoms. The number of hydrogen-bond donors (Lipinski definition) is 2. The number of para-hydroxylation sites is 1. The van der Waals surface area contributed by atoms with Gasteiger partial charge in [-0.2, -0.15) is 10.2 Å². The summed E-state index contributed by atoms with van der Waals surface area (Å²) in [5.74, 6) is -0.334. The quantitative estimate of drug-likeness (QED) is 0.300. The molecule has 0 atom stereocenters. The van der Waals surface area contributed by atoms with Crippen LogP contribution in [-0.4, -0.2) is 21.4 Å². The number of anilines is 1. The van der Waals surface area contributed by atoms with Crippen LogP contribution in [0.2, 0.25) is 0 Å². The first-order chi connectivity index (χ1) is 14.6. The third-order valence-electron chi connectivity index (χ3n) is 4.66. The number of nitrogens with zero attached hydrogens (tertiary/aromatic N) is 3. The fourth-order valence-electron chi connectivity index (χ4n) is 3.09. The average Bonchev–Trinajstić information content (AvgIpc) is 3.24. The van der Waals surface area contributed by atoms with Crippen molar-refractivity contribution in [3.8, 4) is 16.9 Å². The number of carbonyl (C=O) groups is 1. The first-order valence-electron chi connectivity index (χ1n) is 9.53. The Hall–Kier alpha value is -4.19. The monoisotopic (exact) mass is 395 g/mol. The summed E-state index contributed by atoms with van der Waals surface area (Å²) < 4.78 is 1.70. The molecular formula is C24H21N5O. The van der Waals surface area contributed by atoms with Gasteiger partial charge in [-0.15, -0.1) is 0 Å². The van der Waals surface area contributed by atoms with E-state index in [-0.39, 0.29) is 5.91 Å². The van der Waals surface area contributed by atoms with Crippen molar-refractivity contribution in [2.75, 3.05) is 5.73 Å². The van der Waals surface area contributed by atoms with Crippen molar-refractivity contribution in [3.05, 3.63) is 102 Å². The Bertz CT molecular complexity index is 1200. The molecule has 0 aliphatic rings. The number of nitrogen functional groups attached to an aromatic ring is 1. The molecule has 1 heterocycles. The number of hydrogen-bond acceptors (Lipinski definition) is 4. The molecular weight excluding hydrogens is 374 g/mol. The molecule has 0 fully saturated rings. The maximum absolute atomic E-state index is 13.0. The minimum absolute atomic E-state index is 0.334. The van der Waals surface area contributed by atoms with Gasteiger partial charge >= 0.3 is 0 Å². The zero-order valence-electron chi connectivity index (χ0n) is 16.5. The second-order valence-electron chi connectivity index (χ2n) is 6.80. The van der Waals surface area contributed by atoms with Crippen molar-refractivity contribution in [2.24, 2.45) is 5.10 Å². The Morgan fingerprint density at radius 1 is 0.967 bits per heavy atom. The zero-order valence-corrected chi connectivity index (χ0v) is 16.5. The van der Waals surface area contributed by atoms with Crippen LogP contribution in [0.1, 0.15) is 22.8 Å². The minimum Gasteiger partial charge on any atom is -0.399 e. The van der Waals surface area contributed by atoms with Gasteiger partial charge in [-0.1, -0.05) is 60.7 Å². The Morgan fingerprint density at radius 2 is 1.67 bits per heavy atom. The van der Waals surface area contributed by atoms with E-state index >= 15 is 0 Å². The van der Waals surface area contributed by atoms with Crippen LogP contribution >= 0.6 is 0 Å². The lowest BCUT2D eigenvalue weighted by Gasteiger charge is -2.04. The molecule has 4 rings (SSSR count). The van der Waals surface area contributed by atoms with Crippen LogP contribution in [0.4, 0.5) is 5.69 Å². The molecule has 0 saturated heterocycles. The molecule has 1 amide bonds. The number of amides is 1. The summed E-state index contributed by atoms with van der Waals surface area (Å²) >= 11 is 0. The lowest BCUT2D eigenvalue weighted by atomic mass is 10.1. The van der Waals surface area contributed by atoms with Crippen LogP contribution in [0.15, 0.2) is 96.2 Å². The van der Waals surface area contributed by atoms with Crippen LogP contribution in [-0.2, 0) is 0 Å². The molecule has 1 aromatic heterocycles. The third-order valence-corrected chi connectivity index (χ3v) is 4.66. The smallest absolute Gasteiger partial charge is 0.275 e. The number of hydrazone groups is 1. The van der Waals surface area contributed by atoms with Crippen LogP contribution in [0, 0.1) is 0 Å². The lowest BCUT2D eigenvalue weighted by molar-refractivity contribution is 0.0955. The second kappa shape index (κ2) is 8.45. The van der Waals surface area contributed by atoms with E-state index in [1.807, 2.05) is 85.8 Å². The van der Waals surface area contributed by atoms with Gasteiger partial charge in [0.1, 0.15) is 5.69 Å². The SMILES string of the molecule is C/C(=N\NC(=O)c1cn(-c2ccccc2)nc1-c1ccccc1)c1cccc(N)c1. The Morgan fingerprint density at radius 3 is 2.37 bits per heavy atom. The highest BCUT2D eigenvalue weighted by Gasteiger charge is 2.18. The van der Waals surface area contributed by atoms with Gasteiger partial charge in [0.15, 0.2) is 0 Å². The predicted molar refractivity (Wildman–Crippen MR) is 120 cm³/mol. The van der Waals surface area contributed by atoms with Gasteiger partial charge in [-0.25, -0.2) is 10.1 Å². The van der Waals surface area contributed by atoms with E-state index in [0.29, 0.717) is 22.7 Å². The lowest BCUT2D eigenvalue weighted by Crippen LogP contribution is -2.19. The van der Waals surface area contributed by atoms with Crippen molar-refractivity contribution in [2.45, 2.75) is 6.92 Å². The second-order valence-corrected chi connectivity index (χ2v) is 6.80. The minimum atomic E-state index is -0.334. The van der Waals surface area contributed by atoms with Crippen molar-refractivity contribution in [1.82, 2.24) is 15.2 Å². The van der Waals surface area contributed by atoms with Gasteiger partial charge in [0.05, 0.1) is 17.0 Å². The van der Waals surface area contributed by atoms with Gasteiger partial charge in [-0.05, 0) is 36.8 Å². The summed E-state index contributed by atoms with van der Waals surface area (Å²) in [7, 11) is 0. The fourth-order valence-corrected chi connectivity index (χ4v) is 3.09. The number of nitrogens with one attached hydrogen (secondary N) is 1. The molecule has 6 heteroatoms. The van der Waals surface area contributed by atoms with E-state index in [9.17, 15) is 4.79 Å². The van der Waals surface area contributed by atoms with Gasteiger partial charge in [0.25, 0.3) is 5.91 Å². The third kappa shape index (κ3) is 4.12. The van der Waals surface area contributed by atoms with Crippen molar-refractivity contribution >= 4 is 17.3 Å². The fraction of sp³-hybridized carbons (Fsp3) is 0.0417. The molecule has 6 nitrogen and oxygen atoms in total. The first-order valence-corrected chi connectivity index (χ1v) is 9.53. The number of nitrogens with two attached hydrogens (primary N) is 1. The van der Waals surface area contributed by atoms with Crippen molar-refractivity contribution in [3.63, 3.8) is 0 Å². The zero-order chi connectivity index (χ0) is 20.9. The van der Waals surface area contributed by atoms with Gasteiger partial charge < -0.3 is 5.73 Å². The average molecular weight is 395 g/mol. The summed E-state index contributed by atoms with van der Waals surface area (Å²) in [5.41, 5.74) is 13.4. The van der Waals surface area contributed by atoms with E-state index in [1.165, 1.54) is 0 Å². The van der Waals surface area contributed by atoms with Gasteiger partial charge in [0.2, 0.25) is 0 Å². The van der Waals surface area contributed by atoms with Crippen LogP contribution < -0.4 is 11.2 Å². The maximum atomic E-state index is 13.0. The number of aromatic nitrogens is 2. The molecule has 0 saturated carbocycles. The molecule has 3 N–H and O–H groups in total. The van der Waals surface area contributed by atoms with Crippen LogP contribution in [0.25, 0.3) is 16.9 Å². The Balaban J connectivity index is 1.67. The molecule has 0 bridgehead atoms. The Kier molecular flexibility index (Phi) is 5.39. The van der Waals surface area contributed by atoms with E-state index < -0.39 is 0 Å². The highest BCUT2D eigenvalue weighted by atomic mass is 16.2. The Labute approximate surface area is 174 Å². The summed E-state index contributed by atoms with van der Waals surface area (Å²) in [6.07, 6.45) is 1.72. The topological polar surface area (TPSA) is 85.3 Å².